The Kier molecular flexibility index (Phi) is 13.3. The molecule has 3 nitrogen and oxygen atoms in total. The molecule has 0 radical (unpaired) electrons. The topological polar surface area (TPSA) is 49.3 Å². The summed E-state index contributed by atoms with van der Waals surface area (Å²) in [5, 5.41) is 12.5. The van der Waals surface area contributed by atoms with Crippen LogP contribution < -0.4 is 5.32 Å². The molecule has 1 heterocycles. The molecule has 0 aromatic carbocycles. The van der Waals surface area contributed by atoms with Crippen LogP contribution in [0, 0.1) is 0 Å². The Bertz CT molecular complexity index is 261. The number of hydrogen-bond acceptors (Lipinski definition) is 2. The van der Waals surface area contributed by atoms with Gasteiger partial charge in [0.15, 0.2) is 0 Å². The molecule has 1 atom stereocenters. The van der Waals surface area contributed by atoms with Crippen LogP contribution in [0.5, 0.6) is 0 Å². The van der Waals surface area contributed by atoms with Crippen molar-refractivity contribution in [1.82, 2.24) is 5.32 Å². The second kappa shape index (κ2) is 15.0. The molecule has 1 unspecified atom stereocenters. The molecule has 0 saturated carbocycles. The van der Waals surface area contributed by atoms with E-state index < -0.39 is 5.97 Å². The summed E-state index contributed by atoms with van der Waals surface area (Å²) in [6, 6.07) is -0.333. The number of rotatable bonds is 1. The van der Waals surface area contributed by atoms with Crippen molar-refractivity contribution in [2.75, 3.05) is 6.54 Å². The number of carboxylic acids is 1. The van der Waals surface area contributed by atoms with E-state index in [0.29, 0.717) is 0 Å². The van der Waals surface area contributed by atoms with E-state index in [1.54, 1.807) is 0 Å². The molecular weight excluding hydrogens is 286 g/mol. The van der Waals surface area contributed by atoms with Crippen molar-refractivity contribution >= 4 is 5.97 Å². The highest BCUT2D eigenvalue weighted by molar-refractivity contribution is 5.73. The van der Waals surface area contributed by atoms with Crippen LogP contribution in [0.4, 0.5) is 0 Å². The van der Waals surface area contributed by atoms with Crippen LogP contribution >= 0.6 is 0 Å². The minimum absolute atomic E-state index is 0.333. The fourth-order valence-electron chi connectivity index (χ4n) is 3.54. The van der Waals surface area contributed by atoms with Crippen molar-refractivity contribution in [2.45, 2.75) is 115 Å². The zero-order chi connectivity index (χ0) is 16.6. The Labute approximate surface area is 143 Å². The minimum Gasteiger partial charge on any atom is -0.480 e. The monoisotopic (exact) mass is 325 g/mol. The third kappa shape index (κ3) is 12.5. The molecule has 3 heteroatoms. The first-order valence-corrected chi connectivity index (χ1v) is 10.3. The summed E-state index contributed by atoms with van der Waals surface area (Å²) in [4.78, 5) is 11.3. The first-order chi connectivity index (χ1) is 11.3. The molecule has 23 heavy (non-hydrogen) atoms. The summed E-state index contributed by atoms with van der Waals surface area (Å²) < 4.78 is 0. The molecule has 0 aromatic rings. The highest BCUT2D eigenvalue weighted by Gasteiger charge is 2.15. The maximum absolute atomic E-state index is 11.3. The van der Waals surface area contributed by atoms with E-state index in [4.69, 9.17) is 0 Å². The quantitative estimate of drug-likeness (QED) is 0.652. The lowest BCUT2D eigenvalue weighted by molar-refractivity contribution is -0.139. The van der Waals surface area contributed by atoms with E-state index >= 15 is 0 Å². The minimum atomic E-state index is -0.674. The Morgan fingerprint density at radius 2 is 0.957 bits per heavy atom. The number of carbonyl (C=O) groups is 1. The summed E-state index contributed by atoms with van der Waals surface area (Å²) >= 11 is 0. The van der Waals surface area contributed by atoms with Gasteiger partial charge in [-0.2, -0.15) is 0 Å². The van der Waals surface area contributed by atoms with Crippen molar-refractivity contribution in [2.24, 2.45) is 0 Å². The third-order valence-corrected chi connectivity index (χ3v) is 5.11. The van der Waals surface area contributed by atoms with Crippen LogP contribution in [0.15, 0.2) is 0 Å². The third-order valence-electron chi connectivity index (χ3n) is 5.11. The van der Waals surface area contributed by atoms with E-state index in [9.17, 15) is 9.90 Å². The smallest absolute Gasteiger partial charge is 0.320 e. The summed E-state index contributed by atoms with van der Waals surface area (Å²) in [5.41, 5.74) is 0. The van der Waals surface area contributed by atoms with Crippen molar-refractivity contribution in [3.63, 3.8) is 0 Å². The summed E-state index contributed by atoms with van der Waals surface area (Å²) in [5.74, 6) is -0.674. The van der Waals surface area contributed by atoms with E-state index in [1.807, 2.05) is 0 Å². The van der Waals surface area contributed by atoms with Crippen LogP contribution in [0.25, 0.3) is 0 Å². The number of hydrogen-bond donors (Lipinski definition) is 2. The predicted octanol–water partition coefficient (Wildman–Crippen LogP) is 5.67. The van der Waals surface area contributed by atoms with Crippen molar-refractivity contribution in [1.29, 1.82) is 0 Å². The molecule has 1 saturated heterocycles. The number of aliphatic carboxylic acids is 1. The lowest BCUT2D eigenvalue weighted by Gasteiger charge is -2.14. The largest absolute Gasteiger partial charge is 0.480 e. The summed E-state index contributed by atoms with van der Waals surface area (Å²) in [7, 11) is 0. The molecule has 0 aliphatic carbocycles. The molecule has 0 aromatic heterocycles. The molecule has 0 amide bonds. The maximum Gasteiger partial charge on any atom is 0.320 e. The number of nitrogens with one attached hydrogen (secondary N) is 1. The zero-order valence-corrected chi connectivity index (χ0v) is 15.2. The van der Waals surface area contributed by atoms with Crippen LogP contribution in [0.1, 0.15) is 109 Å². The van der Waals surface area contributed by atoms with Crippen LogP contribution in [-0.2, 0) is 4.79 Å². The van der Waals surface area contributed by atoms with Crippen LogP contribution in [0.2, 0.25) is 0 Å². The summed E-state index contributed by atoms with van der Waals surface area (Å²) in [6.45, 7) is 0.858. The van der Waals surface area contributed by atoms with Gasteiger partial charge in [0, 0.05) is 0 Å². The van der Waals surface area contributed by atoms with Gasteiger partial charge in [-0.25, -0.2) is 0 Å². The SMILES string of the molecule is O=C(O)C1CCCCCCCCCCCCCCCCCCN1. The van der Waals surface area contributed by atoms with Gasteiger partial charge < -0.3 is 10.4 Å². The normalized spacial score (nSPS) is 25.5. The Morgan fingerprint density at radius 1 is 0.609 bits per heavy atom. The molecule has 2 N–H and O–H groups in total. The molecule has 0 bridgehead atoms. The molecular formula is C20H39NO2. The van der Waals surface area contributed by atoms with Crippen molar-refractivity contribution in [3.8, 4) is 0 Å². The van der Waals surface area contributed by atoms with Crippen molar-refractivity contribution in [3.05, 3.63) is 0 Å². The fraction of sp³-hybridized carbons (Fsp3) is 0.950. The molecule has 0 spiro atoms. The fourth-order valence-corrected chi connectivity index (χ4v) is 3.54. The number of carboxylic acid groups (broad SMARTS) is 1. The average molecular weight is 326 g/mol. The van der Waals surface area contributed by atoms with E-state index in [1.165, 1.54) is 89.9 Å². The molecule has 1 rings (SSSR count). The maximum atomic E-state index is 11.3. The first-order valence-electron chi connectivity index (χ1n) is 10.3. The zero-order valence-electron chi connectivity index (χ0n) is 15.2. The average Bonchev–Trinajstić information content (AvgIpc) is 2.53. The Morgan fingerprint density at radius 3 is 1.35 bits per heavy atom. The second-order valence-electron chi connectivity index (χ2n) is 7.29. The molecule has 136 valence electrons. The first kappa shape index (κ1) is 20.5. The van der Waals surface area contributed by atoms with Gasteiger partial charge in [0.25, 0.3) is 0 Å². The predicted molar refractivity (Wildman–Crippen MR) is 97.9 cm³/mol. The van der Waals surface area contributed by atoms with Gasteiger partial charge in [-0.15, -0.1) is 0 Å². The van der Waals surface area contributed by atoms with Crippen LogP contribution in [0.3, 0.4) is 0 Å². The lowest BCUT2D eigenvalue weighted by atomic mass is 10.0. The van der Waals surface area contributed by atoms with E-state index in [0.717, 1.165) is 25.8 Å². The van der Waals surface area contributed by atoms with Gasteiger partial charge >= 0.3 is 5.97 Å². The highest BCUT2D eigenvalue weighted by atomic mass is 16.4. The van der Waals surface area contributed by atoms with Gasteiger partial charge in [-0.05, 0) is 19.4 Å². The molecule has 1 fully saturated rings. The van der Waals surface area contributed by atoms with E-state index in [-0.39, 0.29) is 6.04 Å². The van der Waals surface area contributed by atoms with Gasteiger partial charge in [0.05, 0.1) is 0 Å². The van der Waals surface area contributed by atoms with Crippen LogP contribution in [-0.4, -0.2) is 23.7 Å². The highest BCUT2D eigenvalue weighted by Crippen LogP contribution is 2.14. The summed E-state index contributed by atoms with van der Waals surface area (Å²) in [6.07, 6.45) is 21.8. The molecule has 1 aliphatic heterocycles. The molecule has 1 aliphatic rings. The standard InChI is InChI=1S/C20H39NO2/c22-20(23)19-17-15-13-11-9-7-5-3-1-2-4-6-8-10-12-14-16-18-21-19/h19,21H,1-18H2,(H,22,23). The van der Waals surface area contributed by atoms with Gasteiger partial charge in [-0.3, -0.25) is 4.79 Å². The van der Waals surface area contributed by atoms with Gasteiger partial charge in [0.1, 0.15) is 6.04 Å². The van der Waals surface area contributed by atoms with Gasteiger partial charge in [-0.1, -0.05) is 96.3 Å². The second-order valence-corrected chi connectivity index (χ2v) is 7.29. The lowest BCUT2D eigenvalue weighted by Crippen LogP contribution is -2.37. The van der Waals surface area contributed by atoms with Crippen molar-refractivity contribution < 1.29 is 9.90 Å². The van der Waals surface area contributed by atoms with Gasteiger partial charge in [0.2, 0.25) is 0 Å². The Hall–Kier alpha value is -0.570. The Balaban J connectivity index is 2.22. The van der Waals surface area contributed by atoms with E-state index in [2.05, 4.69) is 5.32 Å².